The summed E-state index contributed by atoms with van der Waals surface area (Å²) in [5.41, 5.74) is 2.75. The van der Waals surface area contributed by atoms with Crippen LogP contribution < -0.4 is 0 Å². The molecule has 0 heterocycles. The van der Waals surface area contributed by atoms with Crippen molar-refractivity contribution in [2.24, 2.45) is 11.8 Å². The molecule has 16 heavy (non-hydrogen) atoms. The van der Waals surface area contributed by atoms with E-state index >= 15 is 0 Å². The van der Waals surface area contributed by atoms with Crippen molar-refractivity contribution in [3.63, 3.8) is 0 Å². The zero-order valence-electron chi connectivity index (χ0n) is 10.2. The zero-order valence-corrected chi connectivity index (χ0v) is 10.2. The van der Waals surface area contributed by atoms with Crippen LogP contribution in [0.3, 0.4) is 0 Å². The lowest BCUT2D eigenvalue weighted by Gasteiger charge is -2.13. The predicted octanol–water partition coefficient (Wildman–Crippen LogP) is 3.28. The van der Waals surface area contributed by atoms with Crippen molar-refractivity contribution >= 4 is 5.78 Å². The van der Waals surface area contributed by atoms with Gasteiger partial charge >= 0.3 is 0 Å². The van der Waals surface area contributed by atoms with Gasteiger partial charge in [0.2, 0.25) is 0 Å². The normalized spacial score (nSPS) is 12.2. The number of nitrogens with zero attached hydrogens (tertiary/aromatic N) is 1. The molecule has 0 aliphatic carbocycles. The summed E-state index contributed by atoms with van der Waals surface area (Å²) in [6, 6.07) is 7.80. The molecule has 0 aromatic heterocycles. The van der Waals surface area contributed by atoms with E-state index in [0.717, 1.165) is 11.1 Å². The number of carbonyl (C=O) groups is 1. The van der Waals surface area contributed by atoms with Crippen LogP contribution in [0.1, 0.15) is 35.3 Å². The minimum absolute atomic E-state index is 0.0539. The summed E-state index contributed by atoms with van der Waals surface area (Å²) < 4.78 is 0. The Hall–Kier alpha value is -1.62. The number of benzene rings is 1. The van der Waals surface area contributed by atoms with Crippen molar-refractivity contribution in [3.8, 4) is 6.07 Å². The van der Waals surface area contributed by atoms with Crippen LogP contribution in [-0.2, 0) is 0 Å². The number of rotatable bonds is 3. The smallest absolute Gasteiger partial charge is 0.180 e. The van der Waals surface area contributed by atoms with Crippen molar-refractivity contribution in [1.82, 2.24) is 0 Å². The van der Waals surface area contributed by atoms with Gasteiger partial charge in [0.1, 0.15) is 5.92 Å². The lowest BCUT2D eigenvalue weighted by Crippen LogP contribution is -2.19. The van der Waals surface area contributed by atoms with E-state index in [4.69, 9.17) is 5.26 Å². The van der Waals surface area contributed by atoms with E-state index < -0.39 is 5.92 Å². The number of nitriles is 1. The number of hydrogen-bond donors (Lipinski definition) is 0. The molecule has 84 valence electrons. The molecular formula is C14H17NO. The second kappa shape index (κ2) is 4.94. The highest BCUT2D eigenvalue weighted by Gasteiger charge is 2.23. The average Bonchev–Trinajstić information content (AvgIpc) is 2.17. The Morgan fingerprint density at radius 3 is 2.38 bits per heavy atom. The monoisotopic (exact) mass is 215 g/mol. The number of aryl methyl sites for hydroxylation is 2. The molecule has 2 nitrogen and oxygen atoms in total. The molecule has 1 aromatic rings. The highest BCUT2D eigenvalue weighted by molar-refractivity contribution is 6.00. The van der Waals surface area contributed by atoms with E-state index in [2.05, 4.69) is 6.07 Å². The van der Waals surface area contributed by atoms with Crippen LogP contribution in [0.25, 0.3) is 0 Å². The highest BCUT2D eigenvalue weighted by atomic mass is 16.1. The molecule has 0 spiro atoms. The molecule has 0 aliphatic rings. The summed E-state index contributed by atoms with van der Waals surface area (Å²) in [5.74, 6) is -0.547. The van der Waals surface area contributed by atoms with Gasteiger partial charge in [-0.15, -0.1) is 0 Å². The van der Waals surface area contributed by atoms with Gasteiger partial charge in [-0.1, -0.05) is 37.6 Å². The molecule has 0 saturated carbocycles. The fraction of sp³-hybridized carbons (Fsp3) is 0.429. The van der Waals surface area contributed by atoms with Gasteiger partial charge in [0, 0.05) is 5.56 Å². The van der Waals surface area contributed by atoms with Gasteiger partial charge in [-0.05, 0) is 25.3 Å². The summed E-state index contributed by atoms with van der Waals surface area (Å²) in [5, 5.41) is 9.00. The Kier molecular flexibility index (Phi) is 3.84. The number of hydrogen-bond acceptors (Lipinski definition) is 2. The molecule has 0 radical (unpaired) electrons. The maximum absolute atomic E-state index is 12.1. The number of carbonyl (C=O) groups excluding carboxylic acids is 1. The van der Waals surface area contributed by atoms with E-state index in [9.17, 15) is 4.79 Å². The average molecular weight is 215 g/mol. The molecule has 2 heteroatoms. The molecule has 1 aromatic carbocycles. The third-order valence-electron chi connectivity index (χ3n) is 2.74. The van der Waals surface area contributed by atoms with E-state index in [0.29, 0.717) is 5.56 Å². The van der Waals surface area contributed by atoms with Gasteiger partial charge in [0.15, 0.2) is 5.78 Å². The highest BCUT2D eigenvalue weighted by Crippen LogP contribution is 2.20. The molecule has 0 aliphatic heterocycles. The predicted molar refractivity (Wildman–Crippen MR) is 64.2 cm³/mol. The third kappa shape index (κ3) is 2.49. The molecule has 0 N–H and O–H groups in total. The topological polar surface area (TPSA) is 40.9 Å². The Morgan fingerprint density at radius 2 is 1.94 bits per heavy atom. The number of Topliss-reactive ketones (excluding diaryl/α,β-unsaturated/α-hetero) is 1. The summed E-state index contributed by atoms with van der Waals surface area (Å²) in [6.45, 7) is 7.70. The SMILES string of the molecule is Cc1ccc(C(=O)C(C#N)C(C)C)c(C)c1. The van der Waals surface area contributed by atoms with E-state index in [1.54, 1.807) is 0 Å². The van der Waals surface area contributed by atoms with Crippen molar-refractivity contribution in [1.29, 1.82) is 5.26 Å². The first kappa shape index (κ1) is 12.4. The Balaban J connectivity index is 3.10. The summed E-state index contributed by atoms with van der Waals surface area (Å²) in [6.07, 6.45) is 0. The fourth-order valence-corrected chi connectivity index (χ4v) is 1.77. The summed E-state index contributed by atoms with van der Waals surface area (Å²) in [7, 11) is 0. The third-order valence-corrected chi connectivity index (χ3v) is 2.74. The Bertz CT molecular complexity index is 441. The second-order valence-electron chi connectivity index (χ2n) is 4.53. The van der Waals surface area contributed by atoms with E-state index in [1.165, 1.54) is 0 Å². The maximum Gasteiger partial charge on any atom is 0.180 e. The molecule has 1 atom stereocenters. The van der Waals surface area contributed by atoms with Crippen molar-refractivity contribution in [2.75, 3.05) is 0 Å². The molecule has 0 bridgehead atoms. The molecular weight excluding hydrogens is 198 g/mol. The Morgan fingerprint density at radius 1 is 1.31 bits per heavy atom. The number of ketones is 1. The van der Waals surface area contributed by atoms with Gasteiger partial charge in [-0.25, -0.2) is 0 Å². The lowest BCUT2D eigenvalue weighted by atomic mass is 9.87. The Labute approximate surface area is 96.9 Å². The van der Waals surface area contributed by atoms with Gasteiger partial charge in [0.25, 0.3) is 0 Å². The van der Waals surface area contributed by atoms with Crippen molar-refractivity contribution < 1.29 is 4.79 Å². The molecule has 0 fully saturated rings. The zero-order chi connectivity index (χ0) is 12.3. The fourth-order valence-electron chi connectivity index (χ4n) is 1.77. The maximum atomic E-state index is 12.1. The minimum atomic E-state index is -0.540. The first-order chi connectivity index (χ1) is 7.47. The molecule has 0 amide bonds. The summed E-state index contributed by atoms with van der Waals surface area (Å²) >= 11 is 0. The van der Waals surface area contributed by atoms with Crippen LogP contribution in [-0.4, -0.2) is 5.78 Å². The second-order valence-corrected chi connectivity index (χ2v) is 4.53. The van der Waals surface area contributed by atoms with Crippen LogP contribution >= 0.6 is 0 Å². The standard InChI is InChI=1S/C14H17NO/c1-9(2)13(8-15)14(16)12-6-5-10(3)7-11(12)4/h5-7,9,13H,1-4H3. The van der Waals surface area contributed by atoms with Crippen LogP contribution in [0.5, 0.6) is 0 Å². The molecule has 1 rings (SSSR count). The van der Waals surface area contributed by atoms with Gasteiger partial charge in [-0.2, -0.15) is 5.26 Å². The lowest BCUT2D eigenvalue weighted by molar-refractivity contribution is 0.0924. The van der Waals surface area contributed by atoms with Crippen molar-refractivity contribution in [2.45, 2.75) is 27.7 Å². The minimum Gasteiger partial charge on any atom is -0.293 e. The van der Waals surface area contributed by atoms with Crippen molar-refractivity contribution in [3.05, 3.63) is 34.9 Å². The quantitative estimate of drug-likeness (QED) is 0.726. The van der Waals surface area contributed by atoms with E-state index in [1.807, 2.05) is 45.9 Å². The first-order valence-electron chi connectivity index (χ1n) is 5.48. The van der Waals surface area contributed by atoms with Crippen LogP contribution in [0.15, 0.2) is 18.2 Å². The molecule has 1 unspecified atom stereocenters. The largest absolute Gasteiger partial charge is 0.293 e. The van der Waals surface area contributed by atoms with E-state index in [-0.39, 0.29) is 11.7 Å². The van der Waals surface area contributed by atoms with Crippen LogP contribution in [0.2, 0.25) is 0 Å². The van der Waals surface area contributed by atoms with Crippen LogP contribution in [0, 0.1) is 37.0 Å². The molecule has 0 saturated heterocycles. The first-order valence-corrected chi connectivity index (χ1v) is 5.48. The van der Waals surface area contributed by atoms with Crippen LogP contribution in [0.4, 0.5) is 0 Å². The summed E-state index contributed by atoms with van der Waals surface area (Å²) in [4.78, 5) is 12.1. The van der Waals surface area contributed by atoms with Gasteiger partial charge in [-0.3, -0.25) is 4.79 Å². The van der Waals surface area contributed by atoms with Gasteiger partial charge < -0.3 is 0 Å². The van der Waals surface area contributed by atoms with Gasteiger partial charge in [0.05, 0.1) is 6.07 Å².